The van der Waals surface area contributed by atoms with Crippen LogP contribution in [0.25, 0.3) is 22.0 Å². The van der Waals surface area contributed by atoms with E-state index in [9.17, 15) is 4.79 Å². The zero-order valence-corrected chi connectivity index (χ0v) is 11.2. The first-order chi connectivity index (χ1) is 9.08. The predicted octanol–water partition coefficient (Wildman–Crippen LogP) is 2.55. The maximum Gasteiger partial charge on any atom is 0.274 e. The number of nitrogens with zero attached hydrogens (tertiary/aromatic N) is 2. The van der Waals surface area contributed by atoms with Crippen LogP contribution >= 0.6 is 0 Å². The molecule has 0 saturated heterocycles. The Labute approximate surface area is 110 Å². The molecule has 0 radical (unpaired) electrons. The smallest absolute Gasteiger partial charge is 0.274 e. The summed E-state index contributed by atoms with van der Waals surface area (Å²) in [5.41, 5.74) is 4.85. The molecule has 3 heterocycles. The van der Waals surface area contributed by atoms with Crippen LogP contribution in [0.2, 0.25) is 0 Å². The molecular formula is C15H15N3O. The van der Waals surface area contributed by atoms with E-state index in [0.717, 1.165) is 27.8 Å². The van der Waals surface area contributed by atoms with E-state index in [0.29, 0.717) is 5.52 Å². The van der Waals surface area contributed by atoms with Gasteiger partial charge < -0.3 is 9.55 Å². The van der Waals surface area contributed by atoms with Gasteiger partial charge in [-0.15, -0.1) is 0 Å². The fourth-order valence-electron chi connectivity index (χ4n) is 2.29. The topological polar surface area (TPSA) is 50.7 Å². The largest absolute Gasteiger partial charge is 0.357 e. The van der Waals surface area contributed by atoms with Crippen molar-refractivity contribution in [3.63, 3.8) is 0 Å². The van der Waals surface area contributed by atoms with Crippen LogP contribution in [0, 0.1) is 13.8 Å². The van der Waals surface area contributed by atoms with E-state index in [1.807, 2.05) is 32.3 Å². The summed E-state index contributed by atoms with van der Waals surface area (Å²) in [7, 11) is 1.76. The third kappa shape index (κ3) is 1.76. The standard InChI is InChI=1S/C15H15N3O/c1-9-6-11(7-17-10(9)2)13-8-18(3)15(19)14-12(13)4-5-16-14/h4-8,16H,1-3H3. The number of hydrogen-bond acceptors (Lipinski definition) is 2. The molecule has 0 aliphatic carbocycles. The van der Waals surface area contributed by atoms with Crippen LogP contribution in [0.3, 0.4) is 0 Å². The third-order valence-electron chi connectivity index (χ3n) is 3.55. The summed E-state index contributed by atoms with van der Waals surface area (Å²) in [6.45, 7) is 4.04. The minimum Gasteiger partial charge on any atom is -0.357 e. The zero-order chi connectivity index (χ0) is 13.6. The Morgan fingerprint density at radius 3 is 2.84 bits per heavy atom. The van der Waals surface area contributed by atoms with Gasteiger partial charge in [-0.25, -0.2) is 0 Å². The monoisotopic (exact) mass is 253 g/mol. The lowest BCUT2D eigenvalue weighted by Crippen LogP contribution is -2.16. The lowest BCUT2D eigenvalue weighted by Gasteiger charge is -2.08. The molecule has 4 heteroatoms. The zero-order valence-electron chi connectivity index (χ0n) is 11.2. The van der Waals surface area contributed by atoms with Crippen molar-refractivity contribution in [2.75, 3.05) is 0 Å². The van der Waals surface area contributed by atoms with E-state index in [1.165, 1.54) is 0 Å². The van der Waals surface area contributed by atoms with E-state index in [2.05, 4.69) is 16.0 Å². The van der Waals surface area contributed by atoms with Crippen molar-refractivity contribution in [2.24, 2.45) is 7.05 Å². The van der Waals surface area contributed by atoms with E-state index < -0.39 is 0 Å². The van der Waals surface area contributed by atoms with Gasteiger partial charge in [0.25, 0.3) is 5.56 Å². The third-order valence-corrected chi connectivity index (χ3v) is 3.55. The summed E-state index contributed by atoms with van der Waals surface area (Å²) >= 11 is 0. The summed E-state index contributed by atoms with van der Waals surface area (Å²) < 4.78 is 1.60. The van der Waals surface area contributed by atoms with Gasteiger partial charge in [0.05, 0.1) is 0 Å². The Hall–Kier alpha value is -2.36. The average Bonchev–Trinajstić information content (AvgIpc) is 2.87. The first-order valence-corrected chi connectivity index (χ1v) is 6.18. The second-order valence-corrected chi connectivity index (χ2v) is 4.85. The number of aromatic amines is 1. The SMILES string of the molecule is Cc1cc(-c2cn(C)c(=O)c3[nH]ccc23)cnc1C. The van der Waals surface area contributed by atoms with E-state index in [4.69, 9.17) is 0 Å². The lowest BCUT2D eigenvalue weighted by atomic mass is 10.0. The van der Waals surface area contributed by atoms with E-state index >= 15 is 0 Å². The molecule has 0 spiro atoms. The molecule has 3 aromatic heterocycles. The van der Waals surface area contributed by atoms with Gasteiger partial charge in [0.15, 0.2) is 0 Å². The Balaban J connectivity index is 2.36. The number of fused-ring (bicyclic) bond motifs is 1. The summed E-state index contributed by atoms with van der Waals surface area (Å²) in [5, 5.41) is 0.938. The number of aryl methyl sites for hydroxylation is 3. The van der Waals surface area contributed by atoms with Gasteiger partial charge in [-0.3, -0.25) is 9.78 Å². The van der Waals surface area contributed by atoms with Crippen LogP contribution in [0.5, 0.6) is 0 Å². The van der Waals surface area contributed by atoms with Crippen molar-refractivity contribution in [1.29, 1.82) is 0 Å². The van der Waals surface area contributed by atoms with Gasteiger partial charge in [0.2, 0.25) is 0 Å². The molecule has 0 bridgehead atoms. The molecule has 3 aromatic rings. The number of nitrogens with one attached hydrogen (secondary N) is 1. The number of pyridine rings is 2. The van der Waals surface area contributed by atoms with Crippen molar-refractivity contribution in [3.8, 4) is 11.1 Å². The van der Waals surface area contributed by atoms with Gasteiger partial charge in [0, 0.05) is 47.8 Å². The van der Waals surface area contributed by atoms with Crippen LogP contribution < -0.4 is 5.56 Å². The normalized spacial score (nSPS) is 11.1. The highest BCUT2D eigenvalue weighted by Crippen LogP contribution is 2.26. The minimum atomic E-state index is -0.0134. The fraction of sp³-hybridized carbons (Fsp3) is 0.200. The van der Waals surface area contributed by atoms with Crippen molar-refractivity contribution >= 4 is 10.9 Å². The lowest BCUT2D eigenvalue weighted by molar-refractivity contribution is 0.872. The number of H-pyrrole nitrogens is 1. The highest BCUT2D eigenvalue weighted by atomic mass is 16.1. The van der Waals surface area contributed by atoms with Gasteiger partial charge >= 0.3 is 0 Å². The minimum absolute atomic E-state index is 0.0134. The molecule has 96 valence electrons. The predicted molar refractivity (Wildman–Crippen MR) is 76.2 cm³/mol. The molecule has 0 saturated carbocycles. The first kappa shape index (κ1) is 11.7. The molecule has 19 heavy (non-hydrogen) atoms. The summed E-state index contributed by atoms with van der Waals surface area (Å²) in [5.74, 6) is 0. The van der Waals surface area contributed by atoms with Gasteiger partial charge in [-0.2, -0.15) is 0 Å². The molecule has 0 aliphatic rings. The molecule has 3 rings (SSSR count). The highest BCUT2D eigenvalue weighted by molar-refractivity contribution is 5.94. The first-order valence-electron chi connectivity index (χ1n) is 6.18. The Morgan fingerprint density at radius 1 is 1.32 bits per heavy atom. The van der Waals surface area contributed by atoms with Crippen LogP contribution in [0.4, 0.5) is 0 Å². The van der Waals surface area contributed by atoms with Crippen LogP contribution in [-0.4, -0.2) is 14.5 Å². The molecule has 0 fully saturated rings. The van der Waals surface area contributed by atoms with Crippen molar-refractivity contribution < 1.29 is 0 Å². The van der Waals surface area contributed by atoms with Gasteiger partial charge in [0.1, 0.15) is 5.52 Å². The molecule has 0 aliphatic heterocycles. The van der Waals surface area contributed by atoms with E-state index in [-0.39, 0.29) is 5.56 Å². The Kier molecular flexibility index (Phi) is 2.52. The summed E-state index contributed by atoms with van der Waals surface area (Å²) in [6, 6.07) is 4.04. The number of aromatic nitrogens is 3. The maximum absolute atomic E-state index is 12.0. The second-order valence-electron chi connectivity index (χ2n) is 4.85. The van der Waals surface area contributed by atoms with E-state index in [1.54, 1.807) is 17.8 Å². The highest BCUT2D eigenvalue weighted by Gasteiger charge is 2.10. The molecule has 0 unspecified atom stereocenters. The molecular weight excluding hydrogens is 238 g/mol. The fourth-order valence-corrected chi connectivity index (χ4v) is 2.29. The maximum atomic E-state index is 12.0. The van der Waals surface area contributed by atoms with Gasteiger partial charge in [-0.1, -0.05) is 0 Å². The quantitative estimate of drug-likeness (QED) is 0.724. The molecule has 1 N–H and O–H groups in total. The van der Waals surface area contributed by atoms with Crippen LogP contribution in [0.1, 0.15) is 11.3 Å². The van der Waals surface area contributed by atoms with Crippen LogP contribution in [0.15, 0.2) is 35.5 Å². The summed E-state index contributed by atoms with van der Waals surface area (Å²) in [4.78, 5) is 19.4. The molecule has 0 amide bonds. The van der Waals surface area contributed by atoms with Crippen LogP contribution in [-0.2, 0) is 7.05 Å². The molecule has 0 aromatic carbocycles. The Morgan fingerprint density at radius 2 is 2.11 bits per heavy atom. The molecule has 0 atom stereocenters. The van der Waals surface area contributed by atoms with Crippen molar-refractivity contribution in [2.45, 2.75) is 13.8 Å². The van der Waals surface area contributed by atoms with Crippen molar-refractivity contribution in [1.82, 2.24) is 14.5 Å². The summed E-state index contributed by atoms with van der Waals surface area (Å²) in [6.07, 6.45) is 5.52. The second kappa shape index (κ2) is 4.09. The van der Waals surface area contributed by atoms with Gasteiger partial charge in [-0.05, 0) is 31.5 Å². The van der Waals surface area contributed by atoms with Crippen molar-refractivity contribution in [3.05, 3.63) is 52.3 Å². The number of rotatable bonds is 1. The molecule has 4 nitrogen and oxygen atoms in total. The number of hydrogen-bond donors (Lipinski definition) is 1. The average molecular weight is 253 g/mol. The Bertz CT molecular complexity index is 827.